The monoisotopic (exact) mass is 338 g/mol. The van der Waals surface area contributed by atoms with Gasteiger partial charge in [-0.15, -0.1) is 0 Å². The lowest BCUT2D eigenvalue weighted by molar-refractivity contribution is 0.0957. The maximum absolute atomic E-state index is 11.7. The molecule has 0 unspecified atom stereocenters. The smallest absolute Gasteiger partial charge is 0.271 e. The number of aryl methyl sites for hydroxylation is 2. The SMILES string of the molecule is CNC(=O)c1ccn([C@@H]2CCCN(c3cc(C)nc(C)c3C#N)C2)n1. The number of carbonyl (C=O) groups excluding carboxylic acids is 1. The highest BCUT2D eigenvalue weighted by Crippen LogP contribution is 2.29. The first-order chi connectivity index (χ1) is 12.0. The number of carbonyl (C=O) groups is 1. The molecule has 0 aromatic carbocycles. The third kappa shape index (κ3) is 3.33. The van der Waals surface area contributed by atoms with Crippen molar-refractivity contribution < 1.29 is 4.79 Å². The van der Waals surface area contributed by atoms with Gasteiger partial charge in [0, 0.05) is 32.0 Å². The van der Waals surface area contributed by atoms with Gasteiger partial charge in [-0.05, 0) is 38.8 Å². The molecule has 7 nitrogen and oxygen atoms in total. The van der Waals surface area contributed by atoms with Gasteiger partial charge >= 0.3 is 0 Å². The highest BCUT2D eigenvalue weighted by atomic mass is 16.1. The molecule has 1 N–H and O–H groups in total. The van der Waals surface area contributed by atoms with E-state index in [-0.39, 0.29) is 11.9 Å². The largest absolute Gasteiger partial charge is 0.368 e. The fourth-order valence-electron chi connectivity index (χ4n) is 3.38. The highest BCUT2D eigenvalue weighted by Gasteiger charge is 2.25. The molecule has 1 saturated heterocycles. The Morgan fingerprint density at radius 1 is 1.44 bits per heavy atom. The number of rotatable bonds is 3. The van der Waals surface area contributed by atoms with E-state index in [2.05, 4.69) is 26.4 Å². The summed E-state index contributed by atoms with van der Waals surface area (Å²) in [5.74, 6) is -0.182. The van der Waals surface area contributed by atoms with Gasteiger partial charge in [0.15, 0.2) is 0 Å². The summed E-state index contributed by atoms with van der Waals surface area (Å²) in [6.45, 7) is 5.48. The molecule has 1 amide bonds. The van der Waals surface area contributed by atoms with Crippen LogP contribution in [-0.4, -0.2) is 40.8 Å². The number of nitrogens with zero attached hydrogens (tertiary/aromatic N) is 5. The average molecular weight is 338 g/mol. The summed E-state index contributed by atoms with van der Waals surface area (Å²) in [6.07, 6.45) is 3.86. The predicted octanol–water partition coefficient (Wildman–Crippen LogP) is 1.97. The summed E-state index contributed by atoms with van der Waals surface area (Å²) in [5, 5.41) is 16.5. The van der Waals surface area contributed by atoms with Crippen molar-refractivity contribution in [1.82, 2.24) is 20.1 Å². The zero-order chi connectivity index (χ0) is 18.0. The Morgan fingerprint density at radius 3 is 2.96 bits per heavy atom. The van der Waals surface area contributed by atoms with Crippen molar-refractivity contribution in [3.63, 3.8) is 0 Å². The van der Waals surface area contributed by atoms with E-state index in [1.165, 1.54) is 0 Å². The summed E-state index contributed by atoms with van der Waals surface area (Å²) in [6, 6.07) is 6.18. The molecule has 25 heavy (non-hydrogen) atoms. The molecule has 0 bridgehead atoms. The van der Waals surface area contributed by atoms with E-state index in [0.29, 0.717) is 11.3 Å². The van der Waals surface area contributed by atoms with Gasteiger partial charge in [0.2, 0.25) is 0 Å². The molecule has 0 saturated carbocycles. The summed E-state index contributed by atoms with van der Waals surface area (Å²) in [4.78, 5) is 18.3. The molecule has 0 aliphatic carbocycles. The quantitative estimate of drug-likeness (QED) is 0.924. The second-order valence-electron chi connectivity index (χ2n) is 6.36. The molecular formula is C18H22N6O. The van der Waals surface area contributed by atoms with Gasteiger partial charge in [-0.2, -0.15) is 10.4 Å². The summed E-state index contributed by atoms with van der Waals surface area (Å²) in [7, 11) is 1.60. The topological polar surface area (TPSA) is 86.8 Å². The Bertz CT molecular complexity index is 835. The minimum Gasteiger partial charge on any atom is -0.368 e. The van der Waals surface area contributed by atoms with Gasteiger partial charge < -0.3 is 10.2 Å². The minimum atomic E-state index is -0.182. The minimum absolute atomic E-state index is 0.174. The van der Waals surface area contributed by atoms with Crippen LogP contribution in [0, 0.1) is 25.2 Å². The van der Waals surface area contributed by atoms with Crippen LogP contribution in [0.4, 0.5) is 5.69 Å². The van der Waals surface area contributed by atoms with Crippen LogP contribution in [0.2, 0.25) is 0 Å². The van der Waals surface area contributed by atoms with E-state index in [0.717, 1.165) is 43.0 Å². The van der Waals surface area contributed by atoms with Crippen LogP contribution in [0.25, 0.3) is 0 Å². The molecule has 0 spiro atoms. The van der Waals surface area contributed by atoms with Crippen LogP contribution in [0.3, 0.4) is 0 Å². The number of piperidine rings is 1. The highest BCUT2D eigenvalue weighted by molar-refractivity contribution is 5.91. The molecule has 2 aromatic heterocycles. The summed E-state index contributed by atoms with van der Waals surface area (Å²) < 4.78 is 1.86. The standard InChI is InChI=1S/C18H22N6O/c1-12-9-17(15(10-19)13(2)21-12)23-7-4-5-14(11-23)24-8-6-16(22-24)18(25)20-3/h6,8-9,14H,4-5,7,11H2,1-3H3,(H,20,25)/t14-/m1/s1. The van der Waals surface area contributed by atoms with Crippen molar-refractivity contribution in [3.8, 4) is 6.07 Å². The number of nitriles is 1. The number of nitrogens with one attached hydrogen (secondary N) is 1. The van der Waals surface area contributed by atoms with Crippen molar-refractivity contribution in [3.05, 3.63) is 41.0 Å². The lowest BCUT2D eigenvalue weighted by atomic mass is 10.0. The number of amides is 1. The van der Waals surface area contributed by atoms with Crippen LogP contribution >= 0.6 is 0 Å². The molecule has 3 heterocycles. The first kappa shape index (κ1) is 17.0. The van der Waals surface area contributed by atoms with Gasteiger partial charge in [-0.1, -0.05) is 0 Å². The van der Waals surface area contributed by atoms with Crippen molar-refractivity contribution in [2.75, 3.05) is 25.0 Å². The molecule has 3 rings (SSSR count). The molecule has 1 aliphatic heterocycles. The number of anilines is 1. The van der Waals surface area contributed by atoms with Gasteiger partial charge in [0.05, 0.1) is 23.0 Å². The molecule has 130 valence electrons. The van der Waals surface area contributed by atoms with Crippen LogP contribution < -0.4 is 10.2 Å². The van der Waals surface area contributed by atoms with E-state index in [1.54, 1.807) is 13.1 Å². The average Bonchev–Trinajstić information content (AvgIpc) is 3.11. The molecule has 1 atom stereocenters. The van der Waals surface area contributed by atoms with Crippen molar-refractivity contribution in [2.24, 2.45) is 0 Å². The first-order valence-corrected chi connectivity index (χ1v) is 8.44. The fraction of sp³-hybridized carbons (Fsp3) is 0.444. The van der Waals surface area contributed by atoms with E-state index < -0.39 is 0 Å². The maximum Gasteiger partial charge on any atom is 0.271 e. The zero-order valence-electron chi connectivity index (χ0n) is 14.8. The first-order valence-electron chi connectivity index (χ1n) is 8.44. The Balaban J connectivity index is 1.86. The van der Waals surface area contributed by atoms with Crippen LogP contribution in [-0.2, 0) is 0 Å². The van der Waals surface area contributed by atoms with Crippen LogP contribution in [0.5, 0.6) is 0 Å². The van der Waals surface area contributed by atoms with E-state index in [9.17, 15) is 10.1 Å². The van der Waals surface area contributed by atoms with Gasteiger partial charge in [0.25, 0.3) is 5.91 Å². The molecular weight excluding hydrogens is 316 g/mol. The Kier molecular flexibility index (Phi) is 4.70. The van der Waals surface area contributed by atoms with E-state index >= 15 is 0 Å². The van der Waals surface area contributed by atoms with Gasteiger partial charge in [-0.3, -0.25) is 14.5 Å². The molecule has 2 aromatic rings. The second kappa shape index (κ2) is 6.93. The second-order valence-corrected chi connectivity index (χ2v) is 6.36. The van der Waals surface area contributed by atoms with E-state index in [4.69, 9.17) is 0 Å². The molecule has 0 radical (unpaired) electrons. The lowest BCUT2D eigenvalue weighted by Crippen LogP contribution is -2.37. The number of hydrogen-bond acceptors (Lipinski definition) is 5. The Morgan fingerprint density at radius 2 is 2.24 bits per heavy atom. The van der Waals surface area contributed by atoms with Gasteiger partial charge in [-0.25, -0.2) is 0 Å². The fourth-order valence-corrected chi connectivity index (χ4v) is 3.38. The van der Waals surface area contributed by atoms with Gasteiger partial charge in [0.1, 0.15) is 11.8 Å². The zero-order valence-corrected chi connectivity index (χ0v) is 14.8. The van der Waals surface area contributed by atoms with Crippen LogP contribution in [0.1, 0.15) is 46.3 Å². The Hall–Kier alpha value is -2.88. The third-order valence-corrected chi connectivity index (χ3v) is 4.60. The van der Waals surface area contributed by atoms with Crippen molar-refractivity contribution in [1.29, 1.82) is 5.26 Å². The third-order valence-electron chi connectivity index (χ3n) is 4.60. The van der Waals surface area contributed by atoms with Crippen LogP contribution in [0.15, 0.2) is 18.3 Å². The predicted molar refractivity (Wildman–Crippen MR) is 94.5 cm³/mol. The summed E-state index contributed by atoms with van der Waals surface area (Å²) in [5.41, 5.74) is 3.68. The molecule has 7 heteroatoms. The molecule has 1 aliphatic rings. The normalized spacial score (nSPS) is 17.2. The molecule has 1 fully saturated rings. The van der Waals surface area contributed by atoms with Crippen molar-refractivity contribution in [2.45, 2.75) is 32.7 Å². The number of aromatic nitrogens is 3. The maximum atomic E-state index is 11.7. The van der Waals surface area contributed by atoms with Crippen molar-refractivity contribution >= 4 is 11.6 Å². The summed E-state index contributed by atoms with van der Waals surface area (Å²) >= 11 is 0. The van der Waals surface area contributed by atoms with E-state index in [1.807, 2.05) is 30.8 Å². The number of pyridine rings is 1. The lowest BCUT2D eigenvalue weighted by Gasteiger charge is -2.35. The number of hydrogen-bond donors (Lipinski definition) is 1. The Labute approximate surface area is 147 Å².